The summed E-state index contributed by atoms with van der Waals surface area (Å²) in [5, 5.41) is 6.46. The van der Waals surface area contributed by atoms with Gasteiger partial charge in [0.25, 0.3) is 5.91 Å². The molecule has 0 atom stereocenters. The van der Waals surface area contributed by atoms with Crippen LogP contribution in [0, 0.1) is 20.8 Å². The zero-order valence-electron chi connectivity index (χ0n) is 10.6. The Morgan fingerprint density at radius 1 is 1.28 bits per heavy atom. The number of rotatable bonds is 2. The Bertz CT molecular complexity index is 582. The number of nitrogens with two attached hydrogens (primary N) is 1. The molecule has 0 aliphatic rings. The lowest BCUT2D eigenvalue weighted by Crippen LogP contribution is -2.12. The van der Waals surface area contributed by atoms with Gasteiger partial charge in [-0.2, -0.15) is 0 Å². The molecular formula is C13H15N3O2. The lowest BCUT2D eigenvalue weighted by molar-refractivity contribution is 0.102. The van der Waals surface area contributed by atoms with E-state index in [0.29, 0.717) is 17.1 Å². The number of aryl methyl sites for hydroxylation is 2. The highest BCUT2D eigenvalue weighted by atomic mass is 16.5. The van der Waals surface area contributed by atoms with Crippen LogP contribution < -0.4 is 11.1 Å². The third kappa shape index (κ3) is 2.34. The van der Waals surface area contributed by atoms with Crippen molar-refractivity contribution >= 4 is 17.5 Å². The second-order valence-corrected chi connectivity index (χ2v) is 4.31. The quantitative estimate of drug-likeness (QED) is 0.796. The molecule has 0 fully saturated rings. The van der Waals surface area contributed by atoms with Gasteiger partial charge in [-0.15, -0.1) is 0 Å². The lowest BCUT2D eigenvalue weighted by atomic mass is 10.1. The number of nitrogens with zero attached hydrogens (tertiary/aromatic N) is 1. The fraction of sp³-hybridized carbons (Fsp3) is 0.231. The minimum atomic E-state index is -0.260. The number of hydrogen-bond donors (Lipinski definition) is 2. The van der Waals surface area contributed by atoms with Gasteiger partial charge in [-0.25, -0.2) is 0 Å². The Morgan fingerprint density at radius 2 is 2.00 bits per heavy atom. The summed E-state index contributed by atoms with van der Waals surface area (Å²) in [5.41, 5.74) is 9.29. The normalized spacial score (nSPS) is 10.4. The predicted molar refractivity (Wildman–Crippen MR) is 69.5 cm³/mol. The maximum atomic E-state index is 12.0. The summed E-state index contributed by atoms with van der Waals surface area (Å²) in [5.74, 6) is 0.113. The van der Waals surface area contributed by atoms with Gasteiger partial charge in [0.1, 0.15) is 0 Å². The highest BCUT2D eigenvalue weighted by Gasteiger charge is 2.13. The van der Waals surface area contributed by atoms with E-state index in [2.05, 4.69) is 10.5 Å². The maximum Gasteiger partial charge on any atom is 0.258 e. The standard InChI is InChI=1S/C13H15N3O2/c1-7-4-10(6-11(14)5-7)12(17)15-13-8(2)9(3)16-18-13/h4-6H,14H2,1-3H3,(H,15,17). The Kier molecular flexibility index (Phi) is 3.06. The summed E-state index contributed by atoms with van der Waals surface area (Å²) in [6.45, 7) is 5.54. The SMILES string of the molecule is Cc1cc(N)cc(C(=O)Nc2onc(C)c2C)c1. The van der Waals surface area contributed by atoms with Crippen molar-refractivity contribution in [3.8, 4) is 0 Å². The molecule has 0 aliphatic carbocycles. The summed E-state index contributed by atoms with van der Waals surface area (Å²) >= 11 is 0. The van der Waals surface area contributed by atoms with Gasteiger partial charge in [-0.05, 0) is 44.5 Å². The van der Waals surface area contributed by atoms with Gasteiger partial charge in [0.15, 0.2) is 0 Å². The minimum absolute atomic E-state index is 0.260. The fourth-order valence-electron chi connectivity index (χ4n) is 1.65. The van der Waals surface area contributed by atoms with Crippen LogP contribution in [-0.4, -0.2) is 11.1 Å². The van der Waals surface area contributed by atoms with E-state index in [1.807, 2.05) is 20.8 Å². The van der Waals surface area contributed by atoms with Crippen molar-refractivity contribution in [2.75, 3.05) is 11.1 Å². The van der Waals surface area contributed by atoms with E-state index in [1.165, 1.54) is 0 Å². The molecule has 94 valence electrons. The highest BCUT2D eigenvalue weighted by Crippen LogP contribution is 2.19. The number of amides is 1. The van der Waals surface area contributed by atoms with Crippen LogP contribution in [0.3, 0.4) is 0 Å². The van der Waals surface area contributed by atoms with Gasteiger partial charge >= 0.3 is 0 Å². The van der Waals surface area contributed by atoms with Crippen LogP contribution in [0.1, 0.15) is 27.2 Å². The minimum Gasteiger partial charge on any atom is -0.399 e. The predicted octanol–water partition coefficient (Wildman–Crippen LogP) is 2.43. The zero-order chi connectivity index (χ0) is 13.3. The molecule has 1 aromatic carbocycles. The third-order valence-corrected chi connectivity index (χ3v) is 2.75. The Labute approximate surface area is 105 Å². The molecule has 1 aromatic heterocycles. The van der Waals surface area contributed by atoms with E-state index >= 15 is 0 Å². The van der Waals surface area contributed by atoms with Crippen LogP contribution in [0.15, 0.2) is 22.7 Å². The second-order valence-electron chi connectivity index (χ2n) is 4.31. The number of hydrogen-bond acceptors (Lipinski definition) is 4. The number of nitrogen functional groups attached to an aromatic ring is 1. The molecular weight excluding hydrogens is 230 g/mol. The molecule has 5 heteroatoms. The van der Waals surface area contributed by atoms with Crippen molar-refractivity contribution in [1.82, 2.24) is 5.16 Å². The van der Waals surface area contributed by atoms with Crippen LogP contribution in [-0.2, 0) is 0 Å². The molecule has 1 heterocycles. The van der Waals surface area contributed by atoms with Crippen molar-refractivity contribution < 1.29 is 9.32 Å². The molecule has 0 unspecified atom stereocenters. The van der Waals surface area contributed by atoms with Crippen molar-refractivity contribution in [3.63, 3.8) is 0 Å². The number of carbonyl (C=O) groups is 1. The maximum absolute atomic E-state index is 12.0. The summed E-state index contributed by atoms with van der Waals surface area (Å²) in [6.07, 6.45) is 0. The van der Waals surface area contributed by atoms with Gasteiger partial charge in [-0.3, -0.25) is 10.1 Å². The molecule has 0 aliphatic heterocycles. The number of carbonyl (C=O) groups excluding carboxylic acids is 1. The van der Waals surface area contributed by atoms with Crippen molar-refractivity contribution in [2.45, 2.75) is 20.8 Å². The van der Waals surface area contributed by atoms with Crippen LogP contribution in [0.5, 0.6) is 0 Å². The fourth-order valence-corrected chi connectivity index (χ4v) is 1.65. The van der Waals surface area contributed by atoms with E-state index in [4.69, 9.17) is 10.3 Å². The Balaban J connectivity index is 2.24. The van der Waals surface area contributed by atoms with Gasteiger partial charge in [0, 0.05) is 16.8 Å². The number of nitrogens with one attached hydrogen (secondary N) is 1. The van der Waals surface area contributed by atoms with E-state index in [0.717, 1.165) is 16.8 Å². The van der Waals surface area contributed by atoms with Crippen LogP contribution in [0.4, 0.5) is 11.6 Å². The molecule has 0 saturated heterocycles. The Morgan fingerprint density at radius 3 is 2.56 bits per heavy atom. The molecule has 5 nitrogen and oxygen atoms in total. The van der Waals surface area contributed by atoms with Crippen LogP contribution >= 0.6 is 0 Å². The average molecular weight is 245 g/mol. The number of benzene rings is 1. The van der Waals surface area contributed by atoms with Gasteiger partial charge in [0.2, 0.25) is 5.88 Å². The van der Waals surface area contributed by atoms with Crippen LogP contribution in [0.2, 0.25) is 0 Å². The summed E-state index contributed by atoms with van der Waals surface area (Å²) < 4.78 is 5.03. The van der Waals surface area contributed by atoms with Gasteiger partial charge in [0.05, 0.1) is 5.69 Å². The molecule has 2 aromatic rings. The van der Waals surface area contributed by atoms with Crippen molar-refractivity contribution in [2.24, 2.45) is 0 Å². The largest absolute Gasteiger partial charge is 0.399 e. The number of aromatic nitrogens is 1. The first-order valence-corrected chi connectivity index (χ1v) is 5.59. The van der Waals surface area contributed by atoms with E-state index < -0.39 is 0 Å². The topological polar surface area (TPSA) is 81.2 Å². The van der Waals surface area contributed by atoms with E-state index in [1.54, 1.807) is 18.2 Å². The van der Waals surface area contributed by atoms with E-state index in [-0.39, 0.29) is 5.91 Å². The molecule has 0 bridgehead atoms. The molecule has 0 saturated carbocycles. The monoisotopic (exact) mass is 245 g/mol. The smallest absolute Gasteiger partial charge is 0.258 e. The molecule has 3 N–H and O–H groups in total. The Hall–Kier alpha value is -2.30. The highest BCUT2D eigenvalue weighted by molar-refractivity contribution is 6.04. The first-order valence-electron chi connectivity index (χ1n) is 5.59. The second kappa shape index (κ2) is 4.52. The van der Waals surface area contributed by atoms with Gasteiger partial charge in [-0.1, -0.05) is 5.16 Å². The lowest BCUT2D eigenvalue weighted by Gasteiger charge is -2.05. The zero-order valence-corrected chi connectivity index (χ0v) is 10.6. The molecule has 0 radical (unpaired) electrons. The molecule has 18 heavy (non-hydrogen) atoms. The molecule has 1 amide bonds. The third-order valence-electron chi connectivity index (χ3n) is 2.75. The number of anilines is 2. The van der Waals surface area contributed by atoms with Crippen molar-refractivity contribution in [3.05, 3.63) is 40.6 Å². The summed E-state index contributed by atoms with van der Waals surface area (Å²) in [6, 6.07) is 5.20. The van der Waals surface area contributed by atoms with E-state index in [9.17, 15) is 4.79 Å². The summed E-state index contributed by atoms with van der Waals surface area (Å²) in [4.78, 5) is 12.0. The summed E-state index contributed by atoms with van der Waals surface area (Å²) in [7, 11) is 0. The molecule has 2 rings (SSSR count). The van der Waals surface area contributed by atoms with Crippen molar-refractivity contribution in [1.29, 1.82) is 0 Å². The first-order chi connectivity index (χ1) is 8.47. The van der Waals surface area contributed by atoms with Gasteiger partial charge < -0.3 is 10.3 Å². The average Bonchev–Trinajstić information content (AvgIpc) is 2.59. The first kappa shape index (κ1) is 12.2. The molecule has 0 spiro atoms. The van der Waals surface area contributed by atoms with Crippen LogP contribution in [0.25, 0.3) is 0 Å².